The molecule has 0 heterocycles. The lowest BCUT2D eigenvalue weighted by Crippen LogP contribution is -2.12. The van der Waals surface area contributed by atoms with Crippen LogP contribution in [0.2, 0.25) is 0 Å². The van der Waals surface area contributed by atoms with Crippen molar-refractivity contribution in [1.29, 1.82) is 0 Å². The highest BCUT2D eigenvalue weighted by Gasteiger charge is 2.09. The van der Waals surface area contributed by atoms with Crippen molar-refractivity contribution in [2.24, 2.45) is 0 Å². The van der Waals surface area contributed by atoms with E-state index in [-0.39, 0.29) is 18.8 Å². The largest absolute Gasteiger partial charge is 0.466 e. The molecule has 1 aromatic carbocycles. The van der Waals surface area contributed by atoms with Crippen LogP contribution in [0.4, 0.5) is 0 Å². The standard InChI is InChI=1S/C19H28O4/c1-2-3-4-5-6-7-11-16-22-18(20)14-15-19(21)23-17-12-9-8-10-13-17/h8-10,12-13H,2-7,11,14-16H2,1H3. The number of hydrogen-bond acceptors (Lipinski definition) is 4. The van der Waals surface area contributed by atoms with Gasteiger partial charge in [-0.3, -0.25) is 9.59 Å². The second-order valence-electron chi connectivity index (χ2n) is 5.63. The van der Waals surface area contributed by atoms with Crippen molar-refractivity contribution in [2.75, 3.05) is 6.61 Å². The number of para-hydroxylation sites is 1. The van der Waals surface area contributed by atoms with E-state index in [4.69, 9.17) is 9.47 Å². The van der Waals surface area contributed by atoms with E-state index in [0.717, 1.165) is 12.8 Å². The van der Waals surface area contributed by atoms with Crippen LogP contribution >= 0.6 is 0 Å². The molecule has 0 spiro atoms. The van der Waals surface area contributed by atoms with E-state index in [9.17, 15) is 9.59 Å². The molecule has 4 nitrogen and oxygen atoms in total. The number of rotatable bonds is 12. The van der Waals surface area contributed by atoms with E-state index in [1.807, 2.05) is 6.07 Å². The number of carbonyl (C=O) groups excluding carboxylic acids is 2. The second-order valence-corrected chi connectivity index (χ2v) is 5.63. The SMILES string of the molecule is CCCCCCCCCOC(=O)CCC(=O)Oc1ccccc1. The summed E-state index contributed by atoms with van der Waals surface area (Å²) in [5.74, 6) is -0.251. The van der Waals surface area contributed by atoms with Gasteiger partial charge < -0.3 is 9.47 Å². The Hall–Kier alpha value is -1.84. The summed E-state index contributed by atoms with van der Waals surface area (Å²) in [4.78, 5) is 23.1. The molecule has 23 heavy (non-hydrogen) atoms. The molecule has 128 valence electrons. The van der Waals surface area contributed by atoms with Gasteiger partial charge in [-0.1, -0.05) is 63.6 Å². The topological polar surface area (TPSA) is 52.6 Å². The van der Waals surface area contributed by atoms with Crippen LogP contribution in [0, 0.1) is 0 Å². The van der Waals surface area contributed by atoms with Gasteiger partial charge in [-0.2, -0.15) is 0 Å². The van der Waals surface area contributed by atoms with Crippen LogP contribution in [0.5, 0.6) is 5.75 Å². The number of carbonyl (C=O) groups is 2. The van der Waals surface area contributed by atoms with Crippen LogP contribution in [-0.4, -0.2) is 18.5 Å². The van der Waals surface area contributed by atoms with E-state index >= 15 is 0 Å². The average molecular weight is 320 g/mol. The number of benzene rings is 1. The van der Waals surface area contributed by atoms with E-state index in [1.165, 1.54) is 32.1 Å². The molecule has 0 aliphatic heterocycles. The van der Waals surface area contributed by atoms with E-state index in [0.29, 0.717) is 12.4 Å². The average Bonchev–Trinajstić information content (AvgIpc) is 2.56. The lowest BCUT2D eigenvalue weighted by molar-refractivity contribution is -0.147. The second kappa shape index (κ2) is 12.7. The molecule has 0 aliphatic rings. The molecule has 0 unspecified atom stereocenters. The predicted molar refractivity (Wildman–Crippen MR) is 90.3 cm³/mol. The third-order valence-corrected chi connectivity index (χ3v) is 3.52. The van der Waals surface area contributed by atoms with Gasteiger partial charge in [0, 0.05) is 0 Å². The highest BCUT2D eigenvalue weighted by Crippen LogP contribution is 2.10. The predicted octanol–water partition coefficient (Wildman–Crippen LogP) is 4.67. The summed E-state index contributed by atoms with van der Waals surface area (Å²) in [7, 11) is 0. The first-order valence-corrected chi connectivity index (χ1v) is 8.63. The van der Waals surface area contributed by atoms with Crippen molar-refractivity contribution in [3.05, 3.63) is 30.3 Å². The Labute approximate surface area is 139 Å². The minimum Gasteiger partial charge on any atom is -0.466 e. The van der Waals surface area contributed by atoms with Gasteiger partial charge in [0.15, 0.2) is 0 Å². The number of ether oxygens (including phenoxy) is 2. The van der Waals surface area contributed by atoms with Gasteiger partial charge in [0.1, 0.15) is 5.75 Å². The Morgan fingerprint density at radius 2 is 1.43 bits per heavy atom. The summed E-state index contributed by atoms with van der Waals surface area (Å²) in [6, 6.07) is 8.84. The number of esters is 2. The van der Waals surface area contributed by atoms with Crippen LogP contribution in [0.3, 0.4) is 0 Å². The van der Waals surface area contributed by atoms with Crippen molar-refractivity contribution < 1.29 is 19.1 Å². The van der Waals surface area contributed by atoms with E-state index in [2.05, 4.69) is 6.92 Å². The highest BCUT2D eigenvalue weighted by molar-refractivity contribution is 5.78. The molecule has 0 fully saturated rings. The molecule has 1 aromatic rings. The van der Waals surface area contributed by atoms with Gasteiger partial charge in [0.25, 0.3) is 0 Å². The zero-order valence-corrected chi connectivity index (χ0v) is 14.1. The maximum absolute atomic E-state index is 11.6. The van der Waals surface area contributed by atoms with E-state index in [1.54, 1.807) is 24.3 Å². The lowest BCUT2D eigenvalue weighted by atomic mass is 10.1. The quantitative estimate of drug-likeness (QED) is 0.319. The maximum Gasteiger partial charge on any atom is 0.311 e. The van der Waals surface area contributed by atoms with E-state index < -0.39 is 5.97 Å². The lowest BCUT2D eigenvalue weighted by Gasteiger charge is -2.06. The van der Waals surface area contributed by atoms with Crippen molar-refractivity contribution in [3.8, 4) is 5.75 Å². The first-order valence-electron chi connectivity index (χ1n) is 8.63. The summed E-state index contributed by atoms with van der Waals surface area (Å²) in [6.07, 6.45) is 8.40. The minimum absolute atomic E-state index is 0.0464. The van der Waals surface area contributed by atoms with Crippen molar-refractivity contribution in [2.45, 2.75) is 64.7 Å². The molecule has 4 heteroatoms. The molecule has 0 saturated heterocycles. The van der Waals surface area contributed by atoms with Crippen molar-refractivity contribution >= 4 is 11.9 Å². The van der Waals surface area contributed by atoms with Crippen molar-refractivity contribution in [3.63, 3.8) is 0 Å². The smallest absolute Gasteiger partial charge is 0.311 e. The van der Waals surface area contributed by atoms with Gasteiger partial charge in [0.2, 0.25) is 0 Å². The number of hydrogen-bond donors (Lipinski definition) is 0. The Morgan fingerprint density at radius 1 is 0.826 bits per heavy atom. The molecule has 0 N–H and O–H groups in total. The molecule has 0 bridgehead atoms. The maximum atomic E-state index is 11.6. The molecule has 0 atom stereocenters. The molecule has 0 amide bonds. The normalized spacial score (nSPS) is 10.3. The first-order chi connectivity index (χ1) is 11.2. The Bertz CT molecular complexity index is 442. The molecular weight excluding hydrogens is 292 g/mol. The monoisotopic (exact) mass is 320 g/mol. The van der Waals surface area contributed by atoms with Crippen LogP contribution in [0.25, 0.3) is 0 Å². The zero-order valence-electron chi connectivity index (χ0n) is 14.1. The summed E-state index contributed by atoms with van der Waals surface area (Å²) in [5.41, 5.74) is 0. The summed E-state index contributed by atoms with van der Waals surface area (Å²) in [6.45, 7) is 2.65. The van der Waals surface area contributed by atoms with Gasteiger partial charge in [-0.05, 0) is 18.6 Å². The van der Waals surface area contributed by atoms with Crippen molar-refractivity contribution in [1.82, 2.24) is 0 Å². The van der Waals surface area contributed by atoms with Gasteiger partial charge in [-0.25, -0.2) is 0 Å². The Morgan fingerprint density at radius 3 is 2.13 bits per heavy atom. The molecule has 1 rings (SSSR count). The first kappa shape index (κ1) is 19.2. The zero-order chi connectivity index (χ0) is 16.8. The van der Waals surface area contributed by atoms with Crippen LogP contribution in [-0.2, 0) is 14.3 Å². The fourth-order valence-electron chi connectivity index (χ4n) is 2.19. The summed E-state index contributed by atoms with van der Waals surface area (Å²) >= 11 is 0. The van der Waals surface area contributed by atoms with Gasteiger partial charge in [-0.15, -0.1) is 0 Å². The number of unbranched alkanes of at least 4 members (excludes halogenated alkanes) is 6. The van der Waals surface area contributed by atoms with Crippen LogP contribution in [0.15, 0.2) is 30.3 Å². The molecular formula is C19H28O4. The molecule has 0 aliphatic carbocycles. The minimum atomic E-state index is -0.413. The fraction of sp³-hybridized carbons (Fsp3) is 0.579. The third-order valence-electron chi connectivity index (χ3n) is 3.52. The molecule has 0 aromatic heterocycles. The summed E-state index contributed by atoms with van der Waals surface area (Å²) < 4.78 is 10.2. The Kier molecular flexibility index (Phi) is 10.6. The summed E-state index contributed by atoms with van der Waals surface area (Å²) in [5, 5.41) is 0. The fourth-order valence-corrected chi connectivity index (χ4v) is 2.19. The van der Waals surface area contributed by atoms with Crippen LogP contribution < -0.4 is 4.74 Å². The van der Waals surface area contributed by atoms with Crippen LogP contribution in [0.1, 0.15) is 64.7 Å². The molecule has 0 saturated carbocycles. The Balaban J connectivity index is 1.98. The van der Waals surface area contributed by atoms with Gasteiger partial charge >= 0.3 is 11.9 Å². The van der Waals surface area contributed by atoms with Gasteiger partial charge in [0.05, 0.1) is 19.4 Å². The molecule has 0 radical (unpaired) electrons. The third kappa shape index (κ3) is 10.5. The highest BCUT2D eigenvalue weighted by atomic mass is 16.5.